The highest BCUT2D eigenvalue weighted by Crippen LogP contribution is 2.26. The molecule has 3 rings (SSSR count). The molecule has 108 valence electrons. The lowest BCUT2D eigenvalue weighted by molar-refractivity contribution is 0.299. The minimum Gasteiger partial charge on any atom is -0.461 e. The van der Waals surface area contributed by atoms with Crippen molar-refractivity contribution in [3.05, 3.63) is 65.4 Å². The first-order chi connectivity index (χ1) is 10.3. The Bertz CT molecular complexity index is 729. The van der Waals surface area contributed by atoms with E-state index in [0.717, 1.165) is 29.1 Å². The minimum absolute atomic E-state index is 0.187. The van der Waals surface area contributed by atoms with E-state index in [1.54, 1.807) is 0 Å². The van der Waals surface area contributed by atoms with Gasteiger partial charge in [0.2, 0.25) is 0 Å². The van der Waals surface area contributed by atoms with Crippen molar-refractivity contribution in [3.63, 3.8) is 0 Å². The van der Waals surface area contributed by atoms with Crippen LogP contribution in [0.25, 0.3) is 11.0 Å². The zero-order valence-electron chi connectivity index (χ0n) is 12.1. The molecule has 0 aliphatic rings. The van der Waals surface area contributed by atoms with E-state index in [1.165, 1.54) is 10.9 Å². The number of rotatable bonds is 5. The van der Waals surface area contributed by atoms with Crippen LogP contribution in [0.2, 0.25) is 0 Å². The smallest absolute Gasteiger partial charge is 0.134 e. The molecule has 0 aliphatic carbocycles. The molecular formula is C18H19NO2. The summed E-state index contributed by atoms with van der Waals surface area (Å²) in [4.78, 5) is 0. The van der Waals surface area contributed by atoms with Gasteiger partial charge >= 0.3 is 0 Å². The summed E-state index contributed by atoms with van der Waals surface area (Å²) in [7, 11) is 0. The number of aliphatic hydroxyl groups is 1. The largest absolute Gasteiger partial charge is 0.461 e. The van der Waals surface area contributed by atoms with Gasteiger partial charge in [0, 0.05) is 29.8 Å². The lowest BCUT2D eigenvalue weighted by atomic mass is 10.1. The van der Waals surface area contributed by atoms with Gasteiger partial charge in [-0.25, -0.2) is 0 Å². The van der Waals surface area contributed by atoms with Crippen LogP contribution in [0.4, 0.5) is 5.69 Å². The van der Waals surface area contributed by atoms with Gasteiger partial charge in [-0.05, 0) is 37.1 Å². The molecule has 0 aliphatic heterocycles. The van der Waals surface area contributed by atoms with E-state index in [2.05, 4.69) is 11.4 Å². The molecule has 0 bridgehead atoms. The number of nitrogens with one attached hydrogen (secondary N) is 1. The van der Waals surface area contributed by atoms with Crippen LogP contribution < -0.4 is 5.32 Å². The van der Waals surface area contributed by atoms with Crippen LogP contribution in [0.3, 0.4) is 0 Å². The molecule has 3 nitrogen and oxygen atoms in total. The van der Waals surface area contributed by atoms with Gasteiger partial charge in [0.1, 0.15) is 11.3 Å². The lowest BCUT2D eigenvalue weighted by Gasteiger charge is -2.07. The van der Waals surface area contributed by atoms with E-state index in [1.807, 2.05) is 49.4 Å². The van der Waals surface area contributed by atoms with Crippen LogP contribution in [0, 0.1) is 6.92 Å². The average molecular weight is 281 g/mol. The molecule has 2 N–H and O–H groups in total. The van der Waals surface area contributed by atoms with Crippen LogP contribution in [0.15, 0.2) is 52.9 Å². The Morgan fingerprint density at radius 1 is 1.05 bits per heavy atom. The molecule has 0 saturated heterocycles. The van der Waals surface area contributed by atoms with Gasteiger partial charge in [-0.3, -0.25) is 0 Å². The van der Waals surface area contributed by atoms with Gasteiger partial charge in [0.15, 0.2) is 0 Å². The molecule has 1 heterocycles. The van der Waals surface area contributed by atoms with E-state index in [-0.39, 0.29) is 6.61 Å². The highest BCUT2D eigenvalue weighted by atomic mass is 16.3. The molecular weight excluding hydrogens is 262 g/mol. The van der Waals surface area contributed by atoms with Crippen molar-refractivity contribution in [1.29, 1.82) is 0 Å². The topological polar surface area (TPSA) is 45.4 Å². The molecule has 0 fully saturated rings. The summed E-state index contributed by atoms with van der Waals surface area (Å²) in [6, 6.07) is 16.3. The third kappa shape index (κ3) is 2.93. The number of aryl methyl sites for hydroxylation is 1. The number of para-hydroxylation sites is 1. The summed E-state index contributed by atoms with van der Waals surface area (Å²) in [5.74, 6) is 0.959. The number of benzene rings is 2. The summed E-state index contributed by atoms with van der Waals surface area (Å²) in [6.45, 7) is 2.93. The van der Waals surface area contributed by atoms with E-state index in [0.29, 0.717) is 6.42 Å². The fraction of sp³-hybridized carbons (Fsp3) is 0.222. The fourth-order valence-corrected chi connectivity index (χ4v) is 2.55. The molecule has 21 heavy (non-hydrogen) atoms. The van der Waals surface area contributed by atoms with Gasteiger partial charge in [-0.15, -0.1) is 0 Å². The molecule has 0 spiro atoms. The molecule has 0 amide bonds. The van der Waals surface area contributed by atoms with Crippen molar-refractivity contribution >= 4 is 16.7 Å². The summed E-state index contributed by atoms with van der Waals surface area (Å²) >= 11 is 0. The fourth-order valence-electron chi connectivity index (χ4n) is 2.55. The van der Waals surface area contributed by atoms with Crippen molar-refractivity contribution in [1.82, 2.24) is 0 Å². The Morgan fingerprint density at radius 3 is 2.57 bits per heavy atom. The minimum atomic E-state index is 0.187. The maximum absolute atomic E-state index is 8.92. The van der Waals surface area contributed by atoms with E-state index >= 15 is 0 Å². The van der Waals surface area contributed by atoms with Crippen LogP contribution in [-0.4, -0.2) is 11.7 Å². The average Bonchev–Trinajstić information content (AvgIpc) is 2.82. The van der Waals surface area contributed by atoms with Crippen LogP contribution >= 0.6 is 0 Å². The molecule has 3 aromatic rings. The number of fused-ring (bicyclic) bond motifs is 1. The van der Waals surface area contributed by atoms with Crippen molar-refractivity contribution in [2.75, 3.05) is 11.9 Å². The quantitative estimate of drug-likeness (QED) is 0.746. The van der Waals surface area contributed by atoms with Gasteiger partial charge in [0.25, 0.3) is 0 Å². The zero-order chi connectivity index (χ0) is 14.7. The molecule has 0 atom stereocenters. The van der Waals surface area contributed by atoms with Crippen LogP contribution in [-0.2, 0) is 13.0 Å². The number of hydrogen-bond donors (Lipinski definition) is 2. The number of anilines is 1. The van der Waals surface area contributed by atoms with Crippen molar-refractivity contribution in [2.24, 2.45) is 0 Å². The molecule has 1 aromatic heterocycles. The molecule has 2 aromatic carbocycles. The van der Waals surface area contributed by atoms with Crippen molar-refractivity contribution in [3.8, 4) is 0 Å². The Kier molecular flexibility index (Phi) is 3.93. The van der Waals surface area contributed by atoms with Gasteiger partial charge < -0.3 is 14.8 Å². The van der Waals surface area contributed by atoms with Gasteiger partial charge in [0.05, 0.1) is 0 Å². The standard InChI is InChI=1S/C18H19NO2/c1-13-17(16-4-2-3-5-18(16)21-13)12-19-15-8-6-14(7-9-15)10-11-20/h2-9,19-20H,10-12H2,1H3. The molecule has 0 unspecified atom stereocenters. The molecule has 0 saturated carbocycles. The predicted octanol–water partition coefficient (Wildman–Crippen LogP) is 3.89. The first-order valence-electron chi connectivity index (χ1n) is 7.18. The highest BCUT2D eigenvalue weighted by Gasteiger charge is 2.09. The third-order valence-corrected chi connectivity index (χ3v) is 3.72. The van der Waals surface area contributed by atoms with Gasteiger partial charge in [-0.1, -0.05) is 30.3 Å². The first kappa shape index (κ1) is 13.7. The second kappa shape index (κ2) is 6.02. The van der Waals surface area contributed by atoms with Crippen LogP contribution in [0.1, 0.15) is 16.9 Å². The second-order valence-corrected chi connectivity index (χ2v) is 5.16. The Labute approximate surface area is 124 Å². The zero-order valence-corrected chi connectivity index (χ0v) is 12.1. The normalized spacial score (nSPS) is 11.0. The number of furan rings is 1. The number of hydrogen-bond acceptors (Lipinski definition) is 3. The lowest BCUT2D eigenvalue weighted by Crippen LogP contribution is -2.00. The Morgan fingerprint density at radius 2 is 1.81 bits per heavy atom. The summed E-state index contributed by atoms with van der Waals surface area (Å²) < 4.78 is 5.77. The maximum Gasteiger partial charge on any atom is 0.134 e. The molecule has 3 heteroatoms. The van der Waals surface area contributed by atoms with E-state index < -0.39 is 0 Å². The summed E-state index contributed by atoms with van der Waals surface area (Å²) in [6.07, 6.45) is 0.700. The van der Waals surface area contributed by atoms with E-state index in [4.69, 9.17) is 9.52 Å². The first-order valence-corrected chi connectivity index (χ1v) is 7.18. The van der Waals surface area contributed by atoms with Crippen molar-refractivity contribution < 1.29 is 9.52 Å². The Hall–Kier alpha value is -2.26. The third-order valence-electron chi connectivity index (χ3n) is 3.72. The summed E-state index contributed by atoms with van der Waals surface area (Å²) in [5, 5.41) is 13.5. The van der Waals surface area contributed by atoms with Crippen molar-refractivity contribution in [2.45, 2.75) is 19.9 Å². The molecule has 0 radical (unpaired) electrons. The predicted molar refractivity (Wildman–Crippen MR) is 85.5 cm³/mol. The van der Waals surface area contributed by atoms with Crippen LogP contribution in [0.5, 0.6) is 0 Å². The monoisotopic (exact) mass is 281 g/mol. The highest BCUT2D eigenvalue weighted by molar-refractivity contribution is 5.82. The maximum atomic E-state index is 8.92. The SMILES string of the molecule is Cc1oc2ccccc2c1CNc1ccc(CCO)cc1. The second-order valence-electron chi connectivity index (χ2n) is 5.16. The van der Waals surface area contributed by atoms with Gasteiger partial charge in [-0.2, -0.15) is 0 Å². The Balaban J connectivity index is 1.75. The summed E-state index contributed by atoms with van der Waals surface area (Å²) in [5.41, 5.74) is 4.35. The van der Waals surface area contributed by atoms with E-state index in [9.17, 15) is 0 Å². The number of aliphatic hydroxyl groups excluding tert-OH is 1.